The van der Waals surface area contributed by atoms with Gasteiger partial charge in [-0.1, -0.05) is 29.8 Å². The van der Waals surface area contributed by atoms with Crippen LogP contribution in [0.1, 0.15) is 31.4 Å². The lowest BCUT2D eigenvalue weighted by molar-refractivity contribution is -0.125. The highest BCUT2D eigenvalue weighted by atomic mass is 35.5. The van der Waals surface area contributed by atoms with E-state index >= 15 is 0 Å². The molecule has 0 bridgehead atoms. The van der Waals surface area contributed by atoms with Gasteiger partial charge in [0.25, 0.3) is 0 Å². The largest absolute Gasteiger partial charge is 0.434 e. The highest BCUT2D eigenvalue weighted by Crippen LogP contribution is 2.28. The lowest BCUT2D eigenvalue weighted by Crippen LogP contribution is -2.44. The van der Waals surface area contributed by atoms with E-state index < -0.39 is 12.7 Å². The van der Waals surface area contributed by atoms with E-state index in [1.165, 1.54) is 6.07 Å². The van der Waals surface area contributed by atoms with E-state index in [2.05, 4.69) is 20.3 Å². The molecule has 3 rings (SSSR count). The Morgan fingerprint density at radius 2 is 2.07 bits per heavy atom. The van der Waals surface area contributed by atoms with Crippen LogP contribution in [0.5, 0.6) is 5.75 Å². The van der Waals surface area contributed by atoms with Crippen molar-refractivity contribution in [3.05, 3.63) is 47.1 Å². The van der Waals surface area contributed by atoms with Crippen molar-refractivity contribution in [2.45, 2.75) is 32.4 Å². The van der Waals surface area contributed by atoms with Gasteiger partial charge in [-0.15, -0.1) is 10.2 Å². The molecule has 1 saturated heterocycles. The molecule has 2 atom stereocenters. The number of amides is 1. The fraction of sp³-hybridized carbons (Fsp3) is 0.421. The summed E-state index contributed by atoms with van der Waals surface area (Å²) in [6.07, 6.45) is 1.58. The van der Waals surface area contributed by atoms with Crippen molar-refractivity contribution in [1.29, 1.82) is 0 Å². The van der Waals surface area contributed by atoms with Crippen molar-refractivity contribution in [2.24, 2.45) is 5.92 Å². The molecule has 1 aromatic heterocycles. The average molecular weight is 411 g/mol. The number of hydrogen-bond acceptors (Lipinski definition) is 5. The van der Waals surface area contributed by atoms with Gasteiger partial charge < -0.3 is 15.0 Å². The third-order valence-electron chi connectivity index (χ3n) is 4.69. The molecule has 0 unspecified atom stereocenters. The van der Waals surface area contributed by atoms with Gasteiger partial charge in [0, 0.05) is 18.7 Å². The Morgan fingerprint density at radius 3 is 2.79 bits per heavy atom. The monoisotopic (exact) mass is 410 g/mol. The maximum atomic E-state index is 12.8. The number of carbonyl (C=O) groups is 1. The van der Waals surface area contributed by atoms with Gasteiger partial charge in [0.2, 0.25) is 5.91 Å². The zero-order valence-corrected chi connectivity index (χ0v) is 16.1. The first-order chi connectivity index (χ1) is 13.4. The van der Waals surface area contributed by atoms with Crippen molar-refractivity contribution in [3.63, 3.8) is 0 Å². The third kappa shape index (κ3) is 5.07. The molecule has 2 aromatic rings. The summed E-state index contributed by atoms with van der Waals surface area (Å²) in [7, 11) is 0. The number of anilines is 1. The molecule has 0 radical (unpaired) electrons. The van der Waals surface area contributed by atoms with Crippen LogP contribution in [0.25, 0.3) is 0 Å². The van der Waals surface area contributed by atoms with Crippen molar-refractivity contribution < 1.29 is 18.3 Å². The summed E-state index contributed by atoms with van der Waals surface area (Å²) >= 11 is 5.78. The van der Waals surface area contributed by atoms with Gasteiger partial charge in [0.05, 0.1) is 12.0 Å². The molecule has 28 heavy (non-hydrogen) atoms. The molecule has 1 N–H and O–H groups in total. The molecule has 2 heterocycles. The average Bonchev–Trinajstić information content (AvgIpc) is 2.68. The summed E-state index contributed by atoms with van der Waals surface area (Å²) in [5.74, 6) is 0.362. The standard InChI is InChI=1S/C19H21ClF2N4O2/c1-12(14-6-2-3-7-15(14)28-19(21)22)23-18(27)13-5-4-10-26(11-13)17-9-8-16(20)24-25-17/h2-3,6-9,12-13,19H,4-5,10-11H2,1H3,(H,23,27)/t12-,13-/m0/s1. The van der Waals surface area contributed by atoms with E-state index in [1.807, 2.05) is 4.90 Å². The van der Waals surface area contributed by atoms with Gasteiger partial charge in [-0.05, 0) is 38.0 Å². The van der Waals surface area contributed by atoms with E-state index in [0.717, 1.165) is 19.4 Å². The molecule has 1 fully saturated rings. The Balaban J connectivity index is 1.65. The number of carbonyl (C=O) groups excluding carboxylic acids is 1. The Hall–Kier alpha value is -2.48. The van der Waals surface area contributed by atoms with Crippen molar-refractivity contribution >= 4 is 23.3 Å². The Bertz CT molecular complexity index is 807. The summed E-state index contributed by atoms with van der Waals surface area (Å²) in [6.45, 7) is 0.109. The highest BCUT2D eigenvalue weighted by Gasteiger charge is 2.28. The van der Waals surface area contributed by atoms with Crippen LogP contribution < -0.4 is 15.0 Å². The third-order valence-corrected chi connectivity index (χ3v) is 4.90. The summed E-state index contributed by atoms with van der Waals surface area (Å²) in [5.41, 5.74) is 0.507. The zero-order chi connectivity index (χ0) is 20.1. The van der Waals surface area contributed by atoms with Crippen LogP contribution in [0.4, 0.5) is 14.6 Å². The van der Waals surface area contributed by atoms with Crippen LogP contribution in [0, 0.1) is 5.92 Å². The molecule has 150 valence electrons. The number of rotatable bonds is 6. The minimum Gasteiger partial charge on any atom is -0.434 e. The smallest absolute Gasteiger partial charge is 0.387 e. The lowest BCUT2D eigenvalue weighted by atomic mass is 9.96. The molecule has 1 amide bonds. The van der Waals surface area contributed by atoms with Crippen molar-refractivity contribution in [1.82, 2.24) is 15.5 Å². The van der Waals surface area contributed by atoms with Crippen LogP contribution in [0.15, 0.2) is 36.4 Å². The van der Waals surface area contributed by atoms with E-state index in [9.17, 15) is 13.6 Å². The lowest BCUT2D eigenvalue weighted by Gasteiger charge is -2.33. The number of alkyl halides is 2. The van der Waals surface area contributed by atoms with Crippen LogP contribution >= 0.6 is 11.6 Å². The van der Waals surface area contributed by atoms with E-state index in [0.29, 0.717) is 23.1 Å². The molecule has 9 heteroatoms. The van der Waals surface area contributed by atoms with Gasteiger partial charge in [-0.2, -0.15) is 8.78 Å². The first-order valence-corrected chi connectivity index (χ1v) is 9.40. The number of para-hydroxylation sites is 1. The Labute approximate surface area is 166 Å². The van der Waals surface area contributed by atoms with Gasteiger partial charge in [-0.3, -0.25) is 4.79 Å². The normalized spacial score (nSPS) is 18.0. The predicted molar refractivity (Wildman–Crippen MR) is 102 cm³/mol. The first-order valence-electron chi connectivity index (χ1n) is 9.02. The molecule has 0 spiro atoms. The predicted octanol–water partition coefficient (Wildman–Crippen LogP) is 3.83. The zero-order valence-electron chi connectivity index (χ0n) is 15.3. The maximum Gasteiger partial charge on any atom is 0.387 e. The Morgan fingerprint density at radius 1 is 1.29 bits per heavy atom. The molecule has 1 aliphatic heterocycles. The van der Waals surface area contributed by atoms with E-state index in [-0.39, 0.29) is 17.6 Å². The molecular formula is C19H21ClF2N4O2. The number of piperidine rings is 1. The fourth-order valence-corrected chi connectivity index (χ4v) is 3.43. The second-order valence-electron chi connectivity index (χ2n) is 6.65. The quantitative estimate of drug-likeness (QED) is 0.784. The molecule has 6 nitrogen and oxygen atoms in total. The minimum atomic E-state index is -2.92. The summed E-state index contributed by atoms with van der Waals surface area (Å²) in [5, 5.41) is 11.1. The molecular weight excluding hydrogens is 390 g/mol. The number of ether oxygens (including phenoxy) is 1. The Kier molecular flexibility index (Phi) is 6.61. The molecule has 1 aromatic carbocycles. The van der Waals surface area contributed by atoms with Crippen molar-refractivity contribution in [2.75, 3.05) is 18.0 Å². The summed E-state index contributed by atoms with van der Waals surface area (Å²) in [4.78, 5) is 14.8. The van der Waals surface area contributed by atoms with Crippen LogP contribution in [-0.4, -0.2) is 35.8 Å². The minimum absolute atomic E-state index is 0.0620. The van der Waals surface area contributed by atoms with Gasteiger partial charge >= 0.3 is 6.61 Å². The summed E-state index contributed by atoms with van der Waals surface area (Å²) < 4.78 is 29.8. The van der Waals surface area contributed by atoms with Gasteiger partial charge in [-0.25, -0.2) is 0 Å². The number of nitrogens with one attached hydrogen (secondary N) is 1. The van der Waals surface area contributed by atoms with E-state index in [4.69, 9.17) is 11.6 Å². The molecule has 0 aliphatic carbocycles. The number of halogens is 3. The molecule has 0 saturated carbocycles. The number of benzene rings is 1. The second-order valence-corrected chi connectivity index (χ2v) is 7.03. The van der Waals surface area contributed by atoms with Gasteiger partial charge in [0.1, 0.15) is 5.75 Å². The van der Waals surface area contributed by atoms with Crippen LogP contribution in [-0.2, 0) is 4.79 Å². The van der Waals surface area contributed by atoms with Crippen LogP contribution in [0.2, 0.25) is 5.15 Å². The number of hydrogen-bond donors (Lipinski definition) is 1. The summed E-state index contributed by atoms with van der Waals surface area (Å²) in [6, 6.07) is 9.43. The highest BCUT2D eigenvalue weighted by molar-refractivity contribution is 6.29. The maximum absolute atomic E-state index is 12.8. The van der Waals surface area contributed by atoms with E-state index in [1.54, 1.807) is 37.3 Å². The second kappa shape index (κ2) is 9.14. The first kappa shape index (κ1) is 20.3. The molecule has 1 aliphatic rings. The number of aromatic nitrogens is 2. The van der Waals surface area contributed by atoms with Crippen molar-refractivity contribution in [3.8, 4) is 5.75 Å². The topological polar surface area (TPSA) is 67.4 Å². The SMILES string of the molecule is C[C@H](NC(=O)[C@H]1CCCN(c2ccc(Cl)nn2)C1)c1ccccc1OC(F)F. The van der Waals surface area contributed by atoms with Gasteiger partial charge in [0.15, 0.2) is 11.0 Å². The fourth-order valence-electron chi connectivity index (χ4n) is 3.33. The van der Waals surface area contributed by atoms with Crippen LogP contribution in [0.3, 0.4) is 0 Å². The number of nitrogens with zero attached hydrogens (tertiary/aromatic N) is 3.